The molecule has 0 bridgehead atoms. The highest BCUT2D eigenvalue weighted by atomic mass is 79.9. The van der Waals surface area contributed by atoms with Gasteiger partial charge in [0.1, 0.15) is 0 Å². The Kier molecular flexibility index (Phi) is 3.61. The Labute approximate surface area is 126 Å². The smallest absolute Gasteiger partial charge is 0.0772 e. The maximum absolute atomic E-state index is 4.53. The first-order chi connectivity index (χ1) is 9.72. The standard InChI is InChI=1S/C17H13BrN2/c1-12-4-6-17(15(18)9-12)20-11-13-5-7-16-14(10-13)3-2-8-19-16/h2-11H,1H3. The topological polar surface area (TPSA) is 25.2 Å². The molecule has 0 saturated carbocycles. The van der Waals surface area contributed by atoms with Crippen molar-refractivity contribution in [3.8, 4) is 0 Å². The number of nitrogens with zero attached hydrogens (tertiary/aromatic N) is 2. The number of fused-ring (bicyclic) bond motifs is 1. The van der Waals surface area contributed by atoms with Crippen molar-refractivity contribution in [3.63, 3.8) is 0 Å². The number of halogens is 1. The van der Waals surface area contributed by atoms with Crippen molar-refractivity contribution >= 4 is 38.7 Å². The summed E-state index contributed by atoms with van der Waals surface area (Å²) >= 11 is 3.54. The van der Waals surface area contributed by atoms with Gasteiger partial charge in [-0.25, -0.2) is 0 Å². The van der Waals surface area contributed by atoms with E-state index in [0.29, 0.717) is 0 Å². The van der Waals surface area contributed by atoms with Crippen LogP contribution in [0.2, 0.25) is 0 Å². The summed E-state index contributed by atoms with van der Waals surface area (Å²) in [4.78, 5) is 8.84. The highest BCUT2D eigenvalue weighted by Gasteiger charge is 1.98. The van der Waals surface area contributed by atoms with Crippen molar-refractivity contribution in [1.82, 2.24) is 4.98 Å². The molecule has 0 unspecified atom stereocenters. The third kappa shape index (κ3) is 2.78. The quantitative estimate of drug-likeness (QED) is 0.605. The van der Waals surface area contributed by atoms with Crippen molar-refractivity contribution in [2.45, 2.75) is 6.92 Å². The number of pyridine rings is 1. The number of aliphatic imine (C=N–C) groups is 1. The van der Waals surface area contributed by atoms with Gasteiger partial charge in [0.25, 0.3) is 0 Å². The lowest BCUT2D eigenvalue weighted by atomic mass is 10.1. The van der Waals surface area contributed by atoms with Gasteiger partial charge in [-0.15, -0.1) is 0 Å². The first-order valence-electron chi connectivity index (χ1n) is 6.37. The molecule has 2 aromatic carbocycles. The van der Waals surface area contributed by atoms with Gasteiger partial charge in [-0.3, -0.25) is 9.98 Å². The minimum atomic E-state index is 0.932. The summed E-state index contributed by atoms with van der Waals surface area (Å²) in [6.07, 6.45) is 3.68. The maximum atomic E-state index is 4.53. The third-order valence-electron chi connectivity index (χ3n) is 3.08. The fraction of sp³-hybridized carbons (Fsp3) is 0.0588. The van der Waals surface area contributed by atoms with Crippen molar-refractivity contribution in [2.75, 3.05) is 0 Å². The molecule has 0 aliphatic rings. The summed E-state index contributed by atoms with van der Waals surface area (Å²) in [5.41, 5.74) is 4.22. The van der Waals surface area contributed by atoms with Crippen LogP contribution in [-0.2, 0) is 0 Å². The molecule has 0 fully saturated rings. The van der Waals surface area contributed by atoms with Gasteiger partial charge in [0.2, 0.25) is 0 Å². The monoisotopic (exact) mass is 324 g/mol. The Hall–Kier alpha value is -2.00. The number of rotatable bonds is 2. The molecule has 98 valence electrons. The van der Waals surface area contributed by atoms with E-state index in [0.717, 1.165) is 26.6 Å². The van der Waals surface area contributed by atoms with E-state index in [1.807, 2.05) is 30.5 Å². The highest BCUT2D eigenvalue weighted by Crippen LogP contribution is 2.26. The molecule has 0 aliphatic heterocycles. The largest absolute Gasteiger partial charge is 0.256 e. The van der Waals surface area contributed by atoms with E-state index in [1.165, 1.54) is 5.56 Å². The molecule has 0 atom stereocenters. The van der Waals surface area contributed by atoms with E-state index < -0.39 is 0 Å². The van der Waals surface area contributed by atoms with E-state index in [1.54, 1.807) is 6.20 Å². The van der Waals surface area contributed by atoms with Crippen LogP contribution >= 0.6 is 15.9 Å². The van der Waals surface area contributed by atoms with Gasteiger partial charge in [0.15, 0.2) is 0 Å². The lowest BCUT2D eigenvalue weighted by Crippen LogP contribution is -1.83. The van der Waals surface area contributed by atoms with Crippen LogP contribution in [-0.4, -0.2) is 11.2 Å². The third-order valence-corrected chi connectivity index (χ3v) is 3.72. The molecule has 3 aromatic rings. The zero-order valence-electron chi connectivity index (χ0n) is 11.0. The molecule has 0 spiro atoms. The van der Waals surface area contributed by atoms with Crippen LogP contribution < -0.4 is 0 Å². The summed E-state index contributed by atoms with van der Waals surface area (Å²) in [5, 5.41) is 1.12. The molecule has 3 heteroatoms. The van der Waals surface area contributed by atoms with Crippen molar-refractivity contribution < 1.29 is 0 Å². The molecule has 0 saturated heterocycles. The molecule has 1 heterocycles. The zero-order valence-corrected chi connectivity index (χ0v) is 12.6. The number of hydrogen-bond acceptors (Lipinski definition) is 2. The molecular formula is C17H13BrN2. The first-order valence-corrected chi connectivity index (χ1v) is 7.17. The second-order valence-corrected chi connectivity index (χ2v) is 5.52. The fourth-order valence-corrected chi connectivity index (χ4v) is 2.63. The van der Waals surface area contributed by atoms with Gasteiger partial charge in [-0.1, -0.05) is 18.2 Å². The van der Waals surface area contributed by atoms with Crippen molar-refractivity contribution in [1.29, 1.82) is 0 Å². The predicted molar refractivity (Wildman–Crippen MR) is 87.9 cm³/mol. The summed E-state index contributed by atoms with van der Waals surface area (Å²) in [6, 6.07) is 16.3. The van der Waals surface area contributed by atoms with E-state index in [4.69, 9.17) is 0 Å². The molecule has 0 radical (unpaired) electrons. The summed E-state index contributed by atoms with van der Waals surface area (Å²) in [7, 11) is 0. The van der Waals surface area contributed by atoms with Crippen LogP contribution in [0.1, 0.15) is 11.1 Å². The first kappa shape index (κ1) is 13.0. The van der Waals surface area contributed by atoms with Crippen molar-refractivity contribution in [2.24, 2.45) is 4.99 Å². The van der Waals surface area contributed by atoms with Gasteiger partial charge in [0.05, 0.1) is 11.2 Å². The number of hydrogen-bond donors (Lipinski definition) is 0. The molecule has 0 amide bonds. The van der Waals surface area contributed by atoms with Crippen LogP contribution in [0.25, 0.3) is 10.9 Å². The summed E-state index contributed by atoms with van der Waals surface area (Å²) in [5.74, 6) is 0. The zero-order chi connectivity index (χ0) is 13.9. The van der Waals surface area contributed by atoms with Crippen LogP contribution in [0.4, 0.5) is 5.69 Å². The number of benzene rings is 2. The van der Waals surface area contributed by atoms with Gasteiger partial charge in [-0.05, 0) is 64.3 Å². The molecular weight excluding hydrogens is 312 g/mol. The Morgan fingerprint density at radius 3 is 2.85 bits per heavy atom. The van der Waals surface area contributed by atoms with E-state index in [-0.39, 0.29) is 0 Å². The van der Waals surface area contributed by atoms with Gasteiger partial charge in [-0.2, -0.15) is 0 Å². The highest BCUT2D eigenvalue weighted by molar-refractivity contribution is 9.10. The fourth-order valence-electron chi connectivity index (χ4n) is 2.04. The molecule has 1 aromatic heterocycles. The second kappa shape index (κ2) is 5.55. The average molecular weight is 325 g/mol. The lowest BCUT2D eigenvalue weighted by Gasteiger charge is -2.01. The minimum Gasteiger partial charge on any atom is -0.256 e. The SMILES string of the molecule is Cc1ccc(N=Cc2ccc3ncccc3c2)c(Br)c1. The molecule has 3 rings (SSSR count). The lowest BCUT2D eigenvalue weighted by molar-refractivity contribution is 1.40. The normalized spacial score (nSPS) is 11.3. The molecule has 2 nitrogen and oxygen atoms in total. The summed E-state index contributed by atoms with van der Waals surface area (Å²) in [6.45, 7) is 2.06. The Balaban J connectivity index is 1.93. The Bertz CT molecular complexity index is 794. The molecule has 20 heavy (non-hydrogen) atoms. The van der Waals surface area contributed by atoms with Crippen LogP contribution in [0.15, 0.2) is 64.2 Å². The number of aryl methyl sites for hydroxylation is 1. The van der Waals surface area contributed by atoms with Gasteiger partial charge in [0, 0.05) is 22.3 Å². The Morgan fingerprint density at radius 2 is 2.00 bits per heavy atom. The molecule has 0 N–H and O–H groups in total. The average Bonchev–Trinajstić information content (AvgIpc) is 2.46. The van der Waals surface area contributed by atoms with Crippen LogP contribution in [0, 0.1) is 6.92 Å². The van der Waals surface area contributed by atoms with Gasteiger partial charge < -0.3 is 0 Å². The van der Waals surface area contributed by atoms with E-state index in [2.05, 4.69) is 57.1 Å². The maximum Gasteiger partial charge on any atom is 0.0772 e. The Morgan fingerprint density at radius 1 is 1.10 bits per heavy atom. The molecule has 0 aliphatic carbocycles. The predicted octanol–water partition coefficient (Wildman–Crippen LogP) is 5.06. The van der Waals surface area contributed by atoms with Gasteiger partial charge >= 0.3 is 0 Å². The van der Waals surface area contributed by atoms with Crippen LogP contribution in [0.3, 0.4) is 0 Å². The second-order valence-electron chi connectivity index (χ2n) is 4.67. The van der Waals surface area contributed by atoms with E-state index in [9.17, 15) is 0 Å². The van der Waals surface area contributed by atoms with Crippen LogP contribution in [0.5, 0.6) is 0 Å². The van der Waals surface area contributed by atoms with E-state index >= 15 is 0 Å². The minimum absolute atomic E-state index is 0.932. The number of aromatic nitrogens is 1. The van der Waals surface area contributed by atoms with Crippen molar-refractivity contribution in [3.05, 3.63) is 70.3 Å². The summed E-state index contributed by atoms with van der Waals surface area (Å²) < 4.78 is 1.01.